The number of hydrogen-bond donors (Lipinski definition) is 1. The highest BCUT2D eigenvalue weighted by Gasteiger charge is 2.05. The zero-order valence-electron chi connectivity index (χ0n) is 18.4. The van der Waals surface area contributed by atoms with E-state index < -0.39 is 0 Å². The van der Waals surface area contributed by atoms with Crippen molar-refractivity contribution in [3.8, 4) is 11.5 Å². The fourth-order valence-corrected chi connectivity index (χ4v) is 3.56. The Morgan fingerprint density at radius 2 is 1.38 bits per heavy atom. The molecule has 170 valence electrons. The number of halogens is 1. The normalized spacial score (nSPS) is 10.7. The Kier molecular flexibility index (Phi) is 8.08. The van der Waals surface area contributed by atoms with Crippen molar-refractivity contribution in [1.29, 1.82) is 0 Å². The van der Waals surface area contributed by atoms with Crippen LogP contribution >= 0.6 is 15.9 Å². The Labute approximate surface area is 207 Å². The maximum atomic E-state index is 12.3. The maximum absolute atomic E-state index is 12.3. The van der Waals surface area contributed by atoms with Gasteiger partial charge in [-0.15, -0.1) is 0 Å². The summed E-state index contributed by atoms with van der Waals surface area (Å²) in [6.45, 7) is 0.962. The summed E-state index contributed by atoms with van der Waals surface area (Å²) in [5.74, 6) is 1.17. The lowest BCUT2D eigenvalue weighted by atomic mass is 10.2. The van der Waals surface area contributed by atoms with Crippen molar-refractivity contribution in [2.45, 2.75) is 13.2 Å². The fraction of sp³-hybridized carbons (Fsp3) is 0.0714. The third kappa shape index (κ3) is 7.05. The Hall–Kier alpha value is -3.90. The third-order valence-electron chi connectivity index (χ3n) is 4.92. The van der Waals surface area contributed by atoms with E-state index in [-0.39, 0.29) is 5.91 Å². The molecule has 0 bridgehead atoms. The van der Waals surface area contributed by atoms with Crippen molar-refractivity contribution in [3.63, 3.8) is 0 Å². The number of amides is 1. The van der Waals surface area contributed by atoms with Gasteiger partial charge in [0, 0.05) is 10.0 Å². The van der Waals surface area contributed by atoms with Gasteiger partial charge in [-0.2, -0.15) is 5.10 Å². The molecule has 0 aliphatic carbocycles. The van der Waals surface area contributed by atoms with Crippen molar-refractivity contribution in [2.75, 3.05) is 0 Å². The number of ether oxygens (including phenoxy) is 2. The smallest absolute Gasteiger partial charge is 0.271 e. The molecule has 0 aliphatic heterocycles. The summed E-state index contributed by atoms with van der Waals surface area (Å²) in [4.78, 5) is 12.3. The molecule has 4 aromatic carbocycles. The van der Waals surface area contributed by atoms with Gasteiger partial charge in [0.1, 0.15) is 24.7 Å². The molecule has 0 aromatic heterocycles. The topological polar surface area (TPSA) is 59.9 Å². The van der Waals surface area contributed by atoms with Gasteiger partial charge in [-0.1, -0.05) is 58.4 Å². The zero-order chi connectivity index (χ0) is 23.6. The van der Waals surface area contributed by atoms with E-state index in [0.717, 1.165) is 26.9 Å². The lowest BCUT2D eigenvalue weighted by molar-refractivity contribution is 0.0955. The molecule has 1 N–H and O–H groups in total. The van der Waals surface area contributed by atoms with E-state index in [4.69, 9.17) is 9.47 Å². The van der Waals surface area contributed by atoms with E-state index in [9.17, 15) is 4.79 Å². The zero-order valence-corrected chi connectivity index (χ0v) is 19.9. The molecule has 0 unspecified atom stereocenters. The highest BCUT2D eigenvalue weighted by atomic mass is 79.9. The molecule has 0 heterocycles. The molecule has 0 saturated heterocycles. The summed E-state index contributed by atoms with van der Waals surface area (Å²) >= 11 is 3.45. The minimum Gasteiger partial charge on any atom is -0.489 e. The van der Waals surface area contributed by atoms with Crippen LogP contribution in [0.15, 0.2) is 113 Å². The van der Waals surface area contributed by atoms with Gasteiger partial charge in [0.15, 0.2) is 0 Å². The number of carbonyl (C=O) groups excluding carboxylic acids is 1. The van der Waals surface area contributed by atoms with E-state index in [0.29, 0.717) is 24.5 Å². The quantitative estimate of drug-likeness (QED) is 0.208. The number of rotatable bonds is 9. The largest absolute Gasteiger partial charge is 0.489 e. The molecule has 0 spiro atoms. The van der Waals surface area contributed by atoms with Crippen LogP contribution in [0, 0.1) is 0 Å². The van der Waals surface area contributed by atoms with Crippen LogP contribution < -0.4 is 14.9 Å². The second kappa shape index (κ2) is 11.8. The van der Waals surface area contributed by atoms with E-state index in [1.807, 2.05) is 78.9 Å². The lowest BCUT2D eigenvalue weighted by Gasteiger charge is -2.07. The standard InChI is InChI=1S/C28H23BrN2O3/c29-25-8-4-7-23(17-25)20-34-27-15-11-24(12-16-27)28(32)31-30-18-21-9-13-26(14-10-21)33-19-22-5-2-1-3-6-22/h1-18H,19-20H2,(H,31,32). The molecule has 0 saturated carbocycles. The first-order valence-electron chi connectivity index (χ1n) is 10.7. The van der Waals surface area contributed by atoms with Gasteiger partial charge in [0.2, 0.25) is 0 Å². The predicted octanol–water partition coefficient (Wildman–Crippen LogP) is 6.37. The first kappa shape index (κ1) is 23.3. The van der Waals surface area contributed by atoms with Crippen molar-refractivity contribution in [3.05, 3.63) is 130 Å². The highest BCUT2D eigenvalue weighted by Crippen LogP contribution is 2.17. The minimum absolute atomic E-state index is 0.294. The molecule has 0 fully saturated rings. The molecule has 0 radical (unpaired) electrons. The number of nitrogens with zero attached hydrogens (tertiary/aromatic N) is 1. The molecule has 0 aliphatic rings. The highest BCUT2D eigenvalue weighted by molar-refractivity contribution is 9.10. The van der Waals surface area contributed by atoms with Crippen LogP contribution in [0.2, 0.25) is 0 Å². The average molecular weight is 515 g/mol. The van der Waals surface area contributed by atoms with Crippen LogP contribution in [0.25, 0.3) is 0 Å². The molecule has 5 nitrogen and oxygen atoms in total. The van der Waals surface area contributed by atoms with Gasteiger partial charge in [-0.25, -0.2) is 5.43 Å². The first-order valence-corrected chi connectivity index (χ1v) is 11.5. The third-order valence-corrected chi connectivity index (χ3v) is 5.41. The Balaban J connectivity index is 1.23. The van der Waals surface area contributed by atoms with E-state index in [1.165, 1.54) is 0 Å². The number of nitrogens with one attached hydrogen (secondary N) is 1. The Morgan fingerprint density at radius 1 is 0.765 bits per heavy atom. The molecule has 34 heavy (non-hydrogen) atoms. The molecule has 4 rings (SSSR count). The number of hydrogen-bond acceptors (Lipinski definition) is 4. The number of benzene rings is 4. The summed E-state index contributed by atoms with van der Waals surface area (Å²) < 4.78 is 12.6. The molecular formula is C28H23BrN2O3. The summed E-state index contributed by atoms with van der Waals surface area (Å²) in [5, 5.41) is 4.05. The predicted molar refractivity (Wildman–Crippen MR) is 137 cm³/mol. The van der Waals surface area contributed by atoms with Crippen molar-refractivity contribution < 1.29 is 14.3 Å². The molecule has 0 atom stereocenters. The monoisotopic (exact) mass is 514 g/mol. The summed E-state index contributed by atoms with van der Waals surface area (Å²) in [6.07, 6.45) is 1.59. The number of carbonyl (C=O) groups is 1. The van der Waals surface area contributed by atoms with Crippen molar-refractivity contribution >= 4 is 28.1 Å². The minimum atomic E-state index is -0.294. The molecule has 1 amide bonds. The van der Waals surface area contributed by atoms with Crippen LogP contribution in [0.5, 0.6) is 11.5 Å². The van der Waals surface area contributed by atoms with Gasteiger partial charge in [0.05, 0.1) is 6.21 Å². The SMILES string of the molecule is O=C(NN=Cc1ccc(OCc2ccccc2)cc1)c1ccc(OCc2cccc(Br)c2)cc1. The summed E-state index contributed by atoms with van der Waals surface area (Å²) in [7, 11) is 0. The lowest BCUT2D eigenvalue weighted by Crippen LogP contribution is -2.17. The van der Waals surface area contributed by atoms with Crippen LogP contribution in [-0.2, 0) is 13.2 Å². The van der Waals surface area contributed by atoms with Gasteiger partial charge < -0.3 is 9.47 Å². The molecule has 4 aromatic rings. The summed E-state index contributed by atoms with van der Waals surface area (Å²) in [5.41, 5.74) is 6.06. The van der Waals surface area contributed by atoms with Crippen LogP contribution in [0.3, 0.4) is 0 Å². The van der Waals surface area contributed by atoms with Crippen LogP contribution in [0.1, 0.15) is 27.0 Å². The molecule has 6 heteroatoms. The van der Waals surface area contributed by atoms with Crippen molar-refractivity contribution in [1.82, 2.24) is 5.43 Å². The first-order chi connectivity index (χ1) is 16.7. The Bertz CT molecular complexity index is 1240. The maximum Gasteiger partial charge on any atom is 0.271 e. The van der Waals surface area contributed by atoms with Crippen molar-refractivity contribution in [2.24, 2.45) is 5.10 Å². The van der Waals surface area contributed by atoms with Gasteiger partial charge in [-0.3, -0.25) is 4.79 Å². The van der Waals surface area contributed by atoms with E-state index in [2.05, 4.69) is 26.5 Å². The van der Waals surface area contributed by atoms with Crippen LogP contribution in [0.4, 0.5) is 0 Å². The fourth-order valence-electron chi connectivity index (χ4n) is 3.12. The summed E-state index contributed by atoms with van der Waals surface area (Å²) in [6, 6.07) is 32.4. The average Bonchev–Trinajstić information content (AvgIpc) is 2.88. The molecular weight excluding hydrogens is 492 g/mol. The number of hydrazone groups is 1. The second-order valence-corrected chi connectivity index (χ2v) is 8.40. The second-order valence-electron chi connectivity index (χ2n) is 7.49. The van der Waals surface area contributed by atoms with E-state index in [1.54, 1.807) is 30.5 Å². The van der Waals surface area contributed by atoms with Gasteiger partial charge in [-0.05, 0) is 77.4 Å². The van der Waals surface area contributed by atoms with E-state index >= 15 is 0 Å². The van der Waals surface area contributed by atoms with Crippen LogP contribution in [-0.4, -0.2) is 12.1 Å². The van der Waals surface area contributed by atoms with Gasteiger partial charge in [0.25, 0.3) is 5.91 Å². The Morgan fingerprint density at radius 3 is 2.06 bits per heavy atom. The van der Waals surface area contributed by atoms with Gasteiger partial charge >= 0.3 is 0 Å².